The number of benzene rings is 1. The summed E-state index contributed by atoms with van der Waals surface area (Å²) in [5.41, 5.74) is 2.92. The molecule has 1 aromatic carbocycles. The second kappa shape index (κ2) is 7.24. The molecule has 0 bridgehead atoms. The van der Waals surface area contributed by atoms with Gasteiger partial charge in [0.25, 0.3) is 0 Å². The van der Waals surface area contributed by atoms with E-state index in [9.17, 15) is 8.78 Å². The fourth-order valence-electron chi connectivity index (χ4n) is 3.58. The Morgan fingerprint density at radius 3 is 2.48 bits per heavy atom. The summed E-state index contributed by atoms with van der Waals surface area (Å²) >= 11 is 0. The minimum Gasteiger partial charge on any atom is -0.325 e. The van der Waals surface area contributed by atoms with E-state index in [1.807, 2.05) is 32.9 Å². The maximum Gasteiger partial charge on any atom is 0.151 e. The first-order valence-corrected chi connectivity index (χ1v) is 9.35. The van der Waals surface area contributed by atoms with Crippen molar-refractivity contribution in [3.63, 3.8) is 0 Å². The molecule has 0 atom stereocenters. The molecule has 29 heavy (non-hydrogen) atoms. The predicted octanol–water partition coefficient (Wildman–Crippen LogP) is 5.48. The number of aryl methyl sites for hydroxylation is 2. The Morgan fingerprint density at radius 1 is 1.00 bits per heavy atom. The number of anilines is 2. The molecule has 0 aliphatic carbocycles. The number of rotatable bonds is 4. The molecule has 4 aromatic rings. The summed E-state index contributed by atoms with van der Waals surface area (Å²) in [6.45, 7) is 5.99. The van der Waals surface area contributed by atoms with E-state index in [1.54, 1.807) is 30.1 Å². The van der Waals surface area contributed by atoms with Gasteiger partial charge in [-0.05, 0) is 54.3 Å². The molecular formula is C22H21F2N5. The van der Waals surface area contributed by atoms with Gasteiger partial charge < -0.3 is 5.32 Å². The summed E-state index contributed by atoms with van der Waals surface area (Å²) in [7, 11) is 1.79. The Hall–Kier alpha value is -3.35. The number of nitrogens with zero attached hydrogens (tertiary/aromatic N) is 4. The van der Waals surface area contributed by atoms with Gasteiger partial charge in [-0.2, -0.15) is 5.10 Å². The number of fused-ring (bicyclic) bond motifs is 1. The van der Waals surface area contributed by atoms with Gasteiger partial charge in [-0.1, -0.05) is 13.8 Å². The summed E-state index contributed by atoms with van der Waals surface area (Å²) in [5, 5.41) is 8.04. The Kier molecular flexibility index (Phi) is 4.74. The standard InChI is InChI=1S/C22H21F2N5/c1-12(2)22-16-8-14(9-17(23)21(16)28-29(22)4)15-10-20(26-11-18(15)24)27-19-7-13(3)5-6-25-19/h5-12H,1-4H3,(H,25,26,27). The molecule has 1 N–H and O–H groups in total. The van der Waals surface area contributed by atoms with Crippen molar-refractivity contribution in [3.05, 3.63) is 65.6 Å². The third-order valence-corrected chi connectivity index (χ3v) is 4.82. The van der Waals surface area contributed by atoms with Crippen LogP contribution in [0.2, 0.25) is 0 Å². The zero-order chi connectivity index (χ0) is 20.7. The van der Waals surface area contributed by atoms with Gasteiger partial charge in [0.1, 0.15) is 23.0 Å². The summed E-state index contributed by atoms with van der Waals surface area (Å²) in [4.78, 5) is 8.32. The smallest absolute Gasteiger partial charge is 0.151 e. The molecule has 0 saturated heterocycles. The number of halogens is 2. The molecule has 0 fully saturated rings. The highest BCUT2D eigenvalue weighted by Gasteiger charge is 2.18. The number of hydrogen-bond acceptors (Lipinski definition) is 4. The highest BCUT2D eigenvalue weighted by atomic mass is 19.1. The van der Waals surface area contributed by atoms with E-state index in [4.69, 9.17) is 0 Å². The van der Waals surface area contributed by atoms with Gasteiger partial charge in [0.05, 0.1) is 6.20 Å². The first-order chi connectivity index (χ1) is 13.8. The molecule has 0 saturated carbocycles. The summed E-state index contributed by atoms with van der Waals surface area (Å²) in [5.74, 6) is 0.167. The Bertz CT molecular complexity index is 1210. The number of pyridine rings is 2. The second-order valence-electron chi connectivity index (χ2n) is 7.41. The lowest BCUT2D eigenvalue weighted by Crippen LogP contribution is -1.99. The van der Waals surface area contributed by atoms with E-state index in [1.165, 1.54) is 6.07 Å². The second-order valence-corrected chi connectivity index (χ2v) is 7.41. The first-order valence-electron chi connectivity index (χ1n) is 9.35. The minimum absolute atomic E-state index is 0.145. The molecule has 3 aromatic heterocycles. The monoisotopic (exact) mass is 393 g/mol. The van der Waals surface area contributed by atoms with Crippen molar-refractivity contribution in [2.24, 2.45) is 7.05 Å². The van der Waals surface area contributed by atoms with E-state index >= 15 is 0 Å². The quantitative estimate of drug-likeness (QED) is 0.499. The van der Waals surface area contributed by atoms with Crippen LogP contribution in [0.4, 0.5) is 20.4 Å². The summed E-state index contributed by atoms with van der Waals surface area (Å²) in [6.07, 6.45) is 2.81. The highest BCUT2D eigenvalue weighted by Crippen LogP contribution is 2.33. The summed E-state index contributed by atoms with van der Waals surface area (Å²) in [6, 6.07) is 8.40. The molecule has 5 nitrogen and oxygen atoms in total. The normalized spacial score (nSPS) is 11.4. The van der Waals surface area contributed by atoms with Gasteiger partial charge >= 0.3 is 0 Å². The van der Waals surface area contributed by atoms with Crippen molar-refractivity contribution >= 4 is 22.5 Å². The maximum atomic E-state index is 14.8. The predicted molar refractivity (Wildman–Crippen MR) is 110 cm³/mol. The summed E-state index contributed by atoms with van der Waals surface area (Å²) < 4.78 is 31.1. The molecule has 0 amide bonds. The third kappa shape index (κ3) is 3.55. The Morgan fingerprint density at radius 2 is 1.76 bits per heavy atom. The zero-order valence-electron chi connectivity index (χ0n) is 16.7. The fourth-order valence-corrected chi connectivity index (χ4v) is 3.58. The fraction of sp³-hybridized carbons (Fsp3) is 0.227. The van der Waals surface area contributed by atoms with Crippen LogP contribution in [0.5, 0.6) is 0 Å². The van der Waals surface area contributed by atoms with Crippen LogP contribution in [0.15, 0.2) is 42.7 Å². The lowest BCUT2D eigenvalue weighted by Gasteiger charge is -2.10. The molecule has 7 heteroatoms. The maximum absolute atomic E-state index is 14.8. The largest absolute Gasteiger partial charge is 0.325 e. The van der Waals surface area contributed by atoms with Gasteiger partial charge in [-0.25, -0.2) is 18.7 Å². The van der Waals surface area contributed by atoms with Crippen molar-refractivity contribution in [2.45, 2.75) is 26.7 Å². The van der Waals surface area contributed by atoms with E-state index in [0.29, 0.717) is 22.6 Å². The molecule has 0 unspecified atom stereocenters. The molecule has 0 aliphatic rings. The van der Waals surface area contributed by atoms with Crippen molar-refractivity contribution in [3.8, 4) is 11.1 Å². The zero-order valence-corrected chi connectivity index (χ0v) is 16.7. The van der Waals surface area contributed by atoms with Crippen molar-refractivity contribution < 1.29 is 8.78 Å². The van der Waals surface area contributed by atoms with Crippen LogP contribution in [-0.4, -0.2) is 19.7 Å². The first kappa shape index (κ1) is 19.0. The average Bonchev–Trinajstić information content (AvgIpc) is 3.00. The molecular weight excluding hydrogens is 372 g/mol. The van der Waals surface area contributed by atoms with Crippen LogP contribution in [0.25, 0.3) is 22.0 Å². The SMILES string of the molecule is Cc1ccnc(Nc2cc(-c3cc(F)c4nn(C)c(C(C)C)c4c3)c(F)cn2)c1. The Labute approximate surface area is 167 Å². The van der Waals surface area contributed by atoms with Gasteiger partial charge in [0.15, 0.2) is 5.82 Å². The lowest BCUT2D eigenvalue weighted by atomic mass is 10.00. The molecule has 4 rings (SSSR count). The number of hydrogen-bond donors (Lipinski definition) is 1. The van der Waals surface area contributed by atoms with Crippen LogP contribution in [0, 0.1) is 18.6 Å². The van der Waals surface area contributed by atoms with Gasteiger partial charge in [0.2, 0.25) is 0 Å². The van der Waals surface area contributed by atoms with Crippen LogP contribution < -0.4 is 5.32 Å². The van der Waals surface area contributed by atoms with E-state index < -0.39 is 11.6 Å². The topological polar surface area (TPSA) is 55.6 Å². The molecule has 0 radical (unpaired) electrons. The van der Waals surface area contributed by atoms with Gasteiger partial charge in [0, 0.05) is 29.9 Å². The van der Waals surface area contributed by atoms with Crippen molar-refractivity contribution in [1.29, 1.82) is 0 Å². The van der Waals surface area contributed by atoms with Gasteiger partial charge in [-0.15, -0.1) is 0 Å². The number of nitrogens with one attached hydrogen (secondary N) is 1. The molecule has 3 heterocycles. The minimum atomic E-state index is -0.526. The van der Waals surface area contributed by atoms with E-state index in [2.05, 4.69) is 20.4 Å². The van der Waals surface area contributed by atoms with Crippen LogP contribution >= 0.6 is 0 Å². The third-order valence-electron chi connectivity index (χ3n) is 4.82. The van der Waals surface area contributed by atoms with Crippen LogP contribution in [-0.2, 0) is 7.05 Å². The number of aromatic nitrogens is 4. The average molecular weight is 393 g/mol. The highest BCUT2D eigenvalue weighted by molar-refractivity contribution is 5.88. The van der Waals surface area contributed by atoms with Gasteiger partial charge in [-0.3, -0.25) is 4.68 Å². The molecule has 0 aliphatic heterocycles. The van der Waals surface area contributed by atoms with E-state index in [-0.39, 0.29) is 17.0 Å². The van der Waals surface area contributed by atoms with Crippen LogP contribution in [0.1, 0.15) is 31.0 Å². The van der Waals surface area contributed by atoms with Crippen LogP contribution in [0.3, 0.4) is 0 Å². The van der Waals surface area contributed by atoms with Crippen molar-refractivity contribution in [1.82, 2.24) is 19.7 Å². The molecule has 148 valence electrons. The molecule has 0 spiro atoms. The van der Waals surface area contributed by atoms with Crippen molar-refractivity contribution in [2.75, 3.05) is 5.32 Å². The van der Waals surface area contributed by atoms with E-state index in [0.717, 1.165) is 17.5 Å². The Balaban J connectivity index is 1.82. The lowest BCUT2D eigenvalue weighted by molar-refractivity contribution is 0.622.